The van der Waals surface area contributed by atoms with E-state index in [1.807, 2.05) is 24.3 Å². The van der Waals surface area contributed by atoms with Crippen LogP contribution in [0.3, 0.4) is 0 Å². The summed E-state index contributed by atoms with van der Waals surface area (Å²) in [5, 5.41) is 12.7. The molecule has 3 rings (SSSR count). The highest BCUT2D eigenvalue weighted by atomic mass is 16.3. The molecule has 1 aliphatic heterocycles. The first kappa shape index (κ1) is 14.4. The second-order valence-electron chi connectivity index (χ2n) is 6.28. The van der Waals surface area contributed by atoms with Crippen molar-refractivity contribution in [1.82, 2.24) is 4.90 Å². The minimum atomic E-state index is 0.209. The maximum absolute atomic E-state index is 10.6. The summed E-state index contributed by atoms with van der Waals surface area (Å²) in [5.74, 6) is 0.994. The fourth-order valence-electron chi connectivity index (χ4n) is 3.67. The topological polar surface area (TPSA) is 49.5 Å². The van der Waals surface area contributed by atoms with Crippen molar-refractivity contribution < 1.29 is 5.11 Å². The SMILES string of the molecule is CC1CC(CN)CN1C(C)c1ccc2ccccc2c1O. The molecule has 0 amide bonds. The van der Waals surface area contributed by atoms with E-state index in [0.717, 1.165) is 35.8 Å². The number of hydrogen-bond donors (Lipinski definition) is 2. The van der Waals surface area contributed by atoms with Crippen molar-refractivity contribution in [2.45, 2.75) is 32.4 Å². The van der Waals surface area contributed by atoms with Crippen molar-refractivity contribution in [3.63, 3.8) is 0 Å². The summed E-state index contributed by atoms with van der Waals surface area (Å²) in [7, 11) is 0. The van der Waals surface area contributed by atoms with Gasteiger partial charge in [0.15, 0.2) is 0 Å². The summed E-state index contributed by atoms with van der Waals surface area (Å²) >= 11 is 0. The van der Waals surface area contributed by atoms with Gasteiger partial charge in [-0.2, -0.15) is 0 Å². The van der Waals surface area contributed by atoms with Gasteiger partial charge in [0.25, 0.3) is 0 Å². The highest BCUT2D eigenvalue weighted by molar-refractivity contribution is 5.89. The van der Waals surface area contributed by atoms with E-state index in [0.29, 0.717) is 17.7 Å². The lowest BCUT2D eigenvalue weighted by molar-refractivity contribution is 0.198. The van der Waals surface area contributed by atoms with Gasteiger partial charge in [-0.25, -0.2) is 0 Å². The minimum absolute atomic E-state index is 0.209. The third-order valence-corrected chi connectivity index (χ3v) is 4.92. The Morgan fingerprint density at radius 2 is 2.05 bits per heavy atom. The highest BCUT2D eigenvalue weighted by Crippen LogP contribution is 2.38. The van der Waals surface area contributed by atoms with Crippen LogP contribution in [0.2, 0.25) is 0 Å². The standard InChI is InChI=1S/C18H24N2O/c1-12-9-14(10-19)11-20(12)13(2)16-8-7-15-5-3-4-6-17(15)18(16)21/h3-8,12-14,21H,9-11,19H2,1-2H3. The Morgan fingerprint density at radius 1 is 1.29 bits per heavy atom. The molecular formula is C18H24N2O. The number of fused-ring (bicyclic) bond motifs is 1. The average Bonchev–Trinajstić information content (AvgIpc) is 2.88. The first-order valence-electron chi connectivity index (χ1n) is 7.78. The molecule has 2 aromatic rings. The number of benzene rings is 2. The predicted octanol–water partition coefficient (Wildman–Crippen LogP) is 3.28. The average molecular weight is 284 g/mol. The molecule has 3 nitrogen and oxygen atoms in total. The molecule has 1 aliphatic rings. The second-order valence-corrected chi connectivity index (χ2v) is 6.28. The van der Waals surface area contributed by atoms with Gasteiger partial charge in [-0.1, -0.05) is 36.4 Å². The van der Waals surface area contributed by atoms with Crippen LogP contribution in [0.4, 0.5) is 0 Å². The predicted molar refractivity (Wildman–Crippen MR) is 87.4 cm³/mol. The molecule has 3 heteroatoms. The fraction of sp³-hybridized carbons (Fsp3) is 0.444. The molecule has 0 aromatic heterocycles. The molecular weight excluding hydrogens is 260 g/mol. The minimum Gasteiger partial charge on any atom is -0.507 e. The van der Waals surface area contributed by atoms with Crippen LogP contribution in [0.5, 0.6) is 5.75 Å². The van der Waals surface area contributed by atoms with Crippen molar-refractivity contribution >= 4 is 10.8 Å². The van der Waals surface area contributed by atoms with Crippen LogP contribution in [0.25, 0.3) is 10.8 Å². The number of nitrogens with zero attached hydrogens (tertiary/aromatic N) is 1. The lowest BCUT2D eigenvalue weighted by Crippen LogP contribution is -2.30. The van der Waals surface area contributed by atoms with Crippen molar-refractivity contribution in [3.05, 3.63) is 42.0 Å². The number of hydrogen-bond acceptors (Lipinski definition) is 3. The number of rotatable bonds is 3. The van der Waals surface area contributed by atoms with E-state index in [4.69, 9.17) is 5.73 Å². The third-order valence-electron chi connectivity index (χ3n) is 4.92. The highest BCUT2D eigenvalue weighted by Gasteiger charge is 2.32. The van der Waals surface area contributed by atoms with Gasteiger partial charge < -0.3 is 10.8 Å². The molecule has 0 radical (unpaired) electrons. The lowest BCUT2D eigenvalue weighted by atomic mass is 9.99. The number of phenols is 1. The zero-order valence-electron chi connectivity index (χ0n) is 12.8. The van der Waals surface area contributed by atoms with E-state index in [2.05, 4.69) is 30.9 Å². The van der Waals surface area contributed by atoms with E-state index in [1.54, 1.807) is 0 Å². The molecule has 1 saturated heterocycles. The fourth-order valence-corrected chi connectivity index (χ4v) is 3.67. The van der Waals surface area contributed by atoms with Gasteiger partial charge in [-0.15, -0.1) is 0 Å². The number of phenolic OH excluding ortho intramolecular Hbond substituents is 1. The van der Waals surface area contributed by atoms with E-state index in [9.17, 15) is 5.11 Å². The number of nitrogens with two attached hydrogens (primary N) is 1. The Kier molecular flexibility index (Phi) is 3.87. The van der Waals surface area contributed by atoms with Gasteiger partial charge in [-0.05, 0) is 38.1 Å². The smallest absolute Gasteiger partial charge is 0.128 e. The second kappa shape index (κ2) is 5.66. The summed E-state index contributed by atoms with van der Waals surface area (Å²) in [6, 6.07) is 12.9. The Bertz CT molecular complexity index is 640. The van der Waals surface area contributed by atoms with E-state index in [1.165, 1.54) is 0 Å². The summed E-state index contributed by atoms with van der Waals surface area (Å²) in [4.78, 5) is 2.46. The van der Waals surface area contributed by atoms with E-state index in [-0.39, 0.29) is 6.04 Å². The zero-order valence-corrected chi connectivity index (χ0v) is 12.8. The van der Waals surface area contributed by atoms with Gasteiger partial charge in [0.2, 0.25) is 0 Å². The molecule has 1 fully saturated rings. The van der Waals surface area contributed by atoms with Gasteiger partial charge >= 0.3 is 0 Å². The summed E-state index contributed by atoms with van der Waals surface area (Å²) < 4.78 is 0. The summed E-state index contributed by atoms with van der Waals surface area (Å²) in [6.45, 7) is 6.20. The van der Waals surface area contributed by atoms with Crippen molar-refractivity contribution in [2.24, 2.45) is 11.7 Å². The Labute approximate surface area is 126 Å². The van der Waals surface area contributed by atoms with Gasteiger partial charge in [-0.3, -0.25) is 4.90 Å². The number of likely N-dealkylation sites (tertiary alicyclic amines) is 1. The molecule has 3 atom stereocenters. The largest absolute Gasteiger partial charge is 0.507 e. The molecule has 0 spiro atoms. The molecule has 3 unspecified atom stereocenters. The molecule has 1 heterocycles. The van der Waals surface area contributed by atoms with Crippen LogP contribution in [0.1, 0.15) is 31.9 Å². The first-order valence-corrected chi connectivity index (χ1v) is 7.78. The first-order chi connectivity index (χ1) is 10.1. The normalized spacial score (nSPS) is 24.5. The van der Waals surface area contributed by atoms with Crippen molar-refractivity contribution in [3.8, 4) is 5.75 Å². The van der Waals surface area contributed by atoms with Crippen LogP contribution in [-0.4, -0.2) is 29.1 Å². The Balaban J connectivity index is 1.95. The molecule has 0 aliphatic carbocycles. The molecule has 0 bridgehead atoms. The number of aromatic hydroxyl groups is 1. The van der Waals surface area contributed by atoms with Crippen LogP contribution >= 0.6 is 0 Å². The molecule has 0 saturated carbocycles. The van der Waals surface area contributed by atoms with Crippen LogP contribution in [-0.2, 0) is 0 Å². The van der Waals surface area contributed by atoms with Gasteiger partial charge in [0, 0.05) is 29.6 Å². The maximum Gasteiger partial charge on any atom is 0.128 e. The van der Waals surface area contributed by atoms with Gasteiger partial charge in [0.1, 0.15) is 5.75 Å². The van der Waals surface area contributed by atoms with Crippen LogP contribution < -0.4 is 5.73 Å². The van der Waals surface area contributed by atoms with Crippen LogP contribution in [0, 0.1) is 5.92 Å². The lowest BCUT2D eigenvalue weighted by Gasteiger charge is -2.29. The Hall–Kier alpha value is -1.58. The summed E-state index contributed by atoms with van der Waals surface area (Å²) in [5.41, 5.74) is 6.84. The molecule has 112 valence electrons. The molecule has 3 N–H and O–H groups in total. The van der Waals surface area contributed by atoms with Gasteiger partial charge in [0.05, 0.1) is 0 Å². The molecule has 2 aromatic carbocycles. The van der Waals surface area contributed by atoms with Crippen molar-refractivity contribution in [1.29, 1.82) is 0 Å². The van der Waals surface area contributed by atoms with Crippen LogP contribution in [0.15, 0.2) is 36.4 Å². The monoisotopic (exact) mass is 284 g/mol. The Morgan fingerprint density at radius 3 is 2.76 bits per heavy atom. The summed E-state index contributed by atoms with van der Waals surface area (Å²) in [6.07, 6.45) is 1.15. The van der Waals surface area contributed by atoms with E-state index >= 15 is 0 Å². The maximum atomic E-state index is 10.6. The third kappa shape index (κ3) is 2.52. The van der Waals surface area contributed by atoms with E-state index < -0.39 is 0 Å². The van der Waals surface area contributed by atoms with Crippen molar-refractivity contribution in [2.75, 3.05) is 13.1 Å². The zero-order chi connectivity index (χ0) is 15.0. The molecule has 21 heavy (non-hydrogen) atoms. The quantitative estimate of drug-likeness (QED) is 0.909.